The van der Waals surface area contributed by atoms with Gasteiger partial charge in [0.05, 0.1) is 23.9 Å². The first-order chi connectivity index (χ1) is 11.8. The van der Waals surface area contributed by atoms with Gasteiger partial charge in [-0.25, -0.2) is 4.79 Å². The van der Waals surface area contributed by atoms with Gasteiger partial charge < -0.3 is 9.64 Å². The molecule has 1 aromatic carbocycles. The number of ether oxygens (including phenoxy) is 1. The minimum Gasteiger partial charge on any atom is -0.444 e. The van der Waals surface area contributed by atoms with Crippen LogP contribution in [0.1, 0.15) is 49.5 Å². The molecule has 0 radical (unpaired) electrons. The van der Waals surface area contributed by atoms with E-state index >= 15 is 0 Å². The first-order valence-corrected chi connectivity index (χ1v) is 8.53. The maximum absolute atomic E-state index is 12.4. The Morgan fingerprint density at radius 3 is 2.60 bits per heavy atom. The second kappa shape index (κ2) is 6.52. The maximum Gasteiger partial charge on any atom is 0.410 e. The standard InChI is InChI=1S/C19H24N2O4/c1-13-15-9-5-6-10-16(15)17(22)21(13)24-12-14-8-7-11-20(14)18(23)25-19(2,3)4/h5-6,9-10,14H,1,7-8,11-12H2,2-4H3/t14-/m0/s1. The molecule has 0 aromatic heterocycles. The number of hydrogen-bond acceptors (Lipinski definition) is 4. The fourth-order valence-corrected chi connectivity index (χ4v) is 3.13. The predicted octanol–water partition coefficient (Wildman–Crippen LogP) is 3.44. The molecule has 0 saturated carbocycles. The monoisotopic (exact) mass is 344 g/mol. The molecule has 0 spiro atoms. The summed E-state index contributed by atoms with van der Waals surface area (Å²) in [6, 6.07) is 7.17. The van der Waals surface area contributed by atoms with Crippen molar-refractivity contribution in [2.75, 3.05) is 13.2 Å². The van der Waals surface area contributed by atoms with Gasteiger partial charge >= 0.3 is 6.09 Å². The first-order valence-electron chi connectivity index (χ1n) is 8.53. The van der Waals surface area contributed by atoms with E-state index in [0.717, 1.165) is 18.4 Å². The number of carbonyl (C=O) groups excluding carboxylic acids is 2. The van der Waals surface area contributed by atoms with Crippen LogP contribution in [0.25, 0.3) is 5.70 Å². The molecule has 0 unspecified atom stereocenters. The van der Waals surface area contributed by atoms with Gasteiger partial charge in [-0.2, -0.15) is 5.06 Å². The summed E-state index contributed by atoms with van der Waals surface area (Å²) < 4.78 is 5.45. The molecular formula is C19H24N2O4. The van der Waals surface area contributed by atoms with Crippen LogP contribution in [0, 0.1) is 0 Å². The van der Waals surface area contributed by atoms with Gasteiger partial charge in [0.25, 0.3) is 5.91 Å². The number of nitrogens with zero attached hydrogens (tertiary/aromatic N) is 2. The molecule has 6 nitrogen and oxygen atoms in total. The zero-order valence-electron chi connectivity index (χ0n) is 14.9. The van der Waals surface area contributed by atoms with Crippen LogP contribution in [0.15, 0.2) is 30.8 Å². The lowest BCUT2D eigenvalue weighted by Gasteiger charge is -2.29. The van der Waals surface area contributed by atoms with Crippen LogP contribution in [0.2, 0.25) is 0 Å². The number of fused-ring (bicyclic) bond motifs is 1. The normalized spacial score (nSPS) is 20.2. The number of benzene rings is 1. The second-order valence-electron chi connectivity index (χ2n) is 7.36. The molecule has 3 rings (SSSR count). The molecule has 1 saturated heterocycles. The molecule has 6 heteroatoms. The van der Waals surface area contributed by atoms with E-state index in [0.29, 0.717) is 17.8 Å². The number of amides is 2. The zero-order valence-corrected chi connectivity index (χ0v) is 14.9. The average Bonchev–Trinajstić information content (AvgIpc) is 3.09. The third kappa shape index (κ3) is 3.54. The summed E-state index contributed by atoms with van der Waals surface area (Å²) in [6.07, 6.45) is 1.37. The van der Waals surface area contributed by atoms with Crippen LogP contribution in [-0.2, 0) is 9.57 Å². The van der Waals surface area contributed by atoms with Crippen LogP contribution in [0.3, 0.4) is 0 Å². The molecule has 1 fully saturated rings. The van der Waals surface area contributed by atoms with Crippen LogP contribution in [0.4, 0.5) is 4.79 Å². The van der Waals surface area contributed by atoms with Crippen molar-refractivity contribution in [3.8, 4) is 0 Å². The van der Waals surface area contributed by atoms with E-state index in [1.165, 1.54) is 5.06 Å². The summed E-state index contributed by atoms with van der Waals surface area (Å²) in [5, 5.41) is 1.23. The van der Waals surface area contributed by atoms with E-state index in [9.17, 15) is 9.59 Å². The van der Waals surface area contributed by atoms with Crippen molar-refractivity contribution in [1.82, 2.24) is 9.96 Å². The number of carbonyl (C=O) groups is 2. The van der Waals surface area contributed by atoms with Crippen LogP contribution < -0.4 is 0 Å². The van der Waals surface area contributed by atoms with Crippen molar-refractivity contribution >= 4 is 17.7 Å². The Morgan fingerprint density at radius 1 is 1.28 bits per heavy atom. The third-order valence-corrected chi connectivity index (χ3v) is 4.30. The Labute approximate surface area is 147 Å². The van der Waals surface area contributed by atoms with Gasteiger partial charge in [-0.05, 0) is 39.7 Å². The van der Waals surface area contributed by atoms with Gasteiger partial charge in [-0.1, -0.05) is 24.8 Å². The Kier molecular flexibility index (Phi) is 4.56. The number of hydroxylamine groups is 2. The number of rotatable bonds is 3. The van der Waals surface area contributed by atoms with Gasteiger partial charge in [0, 0.05) is 12.1 Å². The Balaban J connectivity index is 1.63. The lowest BCUT2D eigenvalue weighted by Crippen LogP contribution is -2.42. The second-order valence-corrected chi connectivity index (χ2v) is 7.36. The maximum atomic E-state index is 12.4. The van der Waals surface area contributed by atoms with Gasteiger partial charge in [0.15, 0.2) is 0 Å². The molecule has 2 amide bonds. The molecule has 2 aliphatic rings. The van der Waals surface area contributed by atoms with Crippen molar-refractivity contribution in [3.05, 3.63) is 42.0 Å². The van der Waals surface area contributed by atoms with E-state index in [2.05, 4.69) is 6.58 Å². The first kappa shape index (κ1) is 17.5. The van der Waals surface area contributed by atoms with E-state index < -0.39 is 5.60 Å². The van der Waals surface area contributed by atoms with Gasteiger partial charge in [0.2, 0.25) is 0 Å². The molecule has 0 bridgehead atoms. The van der Waals surface area contributed by atoms with Crippen molar-refractivity contribution in [3.63, 3.8) is 0 Å². The smallest absolute Gasteiger partial charge is 0.410 e. The van der Waals surface area contributed by atoms with Crippen molar-refractivity contribution in [2.45, 2.75) is 45.3 Å². The number of likely N-dealkylation sites (tertiary alicyclic amines) is 1. The van der Waals surface area contributed by atoms with Crippen molar-refractivity contribution < 1.29 is 19.2 Å². The Morgan fingerprint density at radius 2 is 1.96 bits per heavy atom. The highest BCUT2D eigenvalue weighted by atomic mass is 16.7. The Bertz CT molecular complexity index is 673. The molecule has 134 valence electrons. The van der Waals surface area contributed by atoms with Crippen molar-refractivity contribution in [1.29, 1.82) is 0 Å². The molecule has 0 N–H and O–H groups in total. The molecule has 2 aliphatic heterocycles. The summed E-state index contributed by atoms with van der Waals surface area (Å²) in [6.45, 7) is 10.4. The average molecular weight is 344 g/mol. The van der Waals surface area contributed by atoms with E-state index in [1.54, 1.807) is 11.0 Å². The highest BCUT2D eigenvalue weighted by Crippen LogP contribution is 2.32. The summed E-state index contributed by atoms with van der Waals surface area (Å²) >= 11 is 0. The summed E-state index contributed by atoms with van der Waals surface area (Å²) in [7, 11) is 0. The van der Waals surface area contributed by atoms with E-state index in [4.69, 9.17) is 9.57 Å². The van der Waals surface area contributed by atoms with Gasteiger partial charge in [-0.3, -0.25) is 9.63 Å². The summed E-state index contributed by atoms with van der Waals surface area (Å²) in [5.74, 6) is -0.220. The van der Waals surface area contributed by atoms with E-state index in [1.807, 2.05) is 39.0 Å². The molecule has 1 atom stereocenters. The molecule has 25 heavy (non-hydrogen) atoms. The lowest BCUT2D eigenvalue weighted by molar-refractivity contribution is -0.0925. The zero-order chi connectivity index (χ0) is 18.2. The van der Waals surface area contributed by atoms with Crippen LogP contribution >= 0.6 is 0 Å². The quantitative estimate of drug-likeness (QED) is 0.843. The third-order valence-electron chi connectivity index (χ3n) is 4.30. The van der Waals surface area contributed by atoms with Gasteiger partial charge in [-0.15, -0.1) is 0 Å². The highest BCUT2D eigenvalue weighted by Gasteiger charge is 2.36. The fourth-order valence-electron chi connectivity index (χ4n) is 3.13. The van der Waals surface area contributed by atoms with Crippen LogP contribution in [0.5, 0.6) is 0 Å². The van der Waals surface area contributed by atoms with Crippen molar-refractivity contribution in [2.24, 2.45) is 0 Å². The lowest BCUT2D eigenvalue weighted by atomic mass is 10.1. The Hall–Kier alpha value is -2.34. The minimum absolute atomic E-state index is 0.112. The van der Waals surface area contributed by atoms with Gasteiger partial charge in [0.1, 0.15) is 5.60 Å². The topological polar surface area (TPSA) is 59.1 Å². The molecule has 2 heterocycles. The summed E-state index contributed by atoms with van der Waals surface area (Å²) in [5.41, 5.74) is 1.36. The van der Waals surface area contributed by atoms with Crippen LogP contribution in [-0.4, -0.2) is 46.8 Å². The summed E-state index contributed by atoms with van der Waals surface area (Å²) in [4.78, 5) is 32.2. The predicted molar refractivity (Wildman–Crippen MR) is 93.6 cm³/mol. The van der Waals surface area contributed by atoms with E-state index in [-0.39, 0.29) is 24.6 Å². The minimum atomic E-state index is -0.536. The number of hydrogen-bond donors (Lipinski definition) is 0. The largest absolute Gasteiger partial charge is 0.444 e. The fraction of sp³-hybridized carbons (Fsp3) is 0.474. The molecular weight excluding hydrogens is 320 g/mol. The SMILES string of the molecule is C=C1c2ccccc2C(=O)N1OC[C@@H]1CCCN1C(=O)OC(C)(C)C. The molecule has 1 aromatic rings. The molecule has 0 aliphatic carbocycles. The highest BCUT2D eigenvalue weighted by molar-refractivity contribution is 6.07.